The predicted molar refractivity (Wildman–Crippen MR) is 79.7 cm³/mol. The Hall–Kier alpha value is -1.96. The van der Waals surface area contributed by atoms with E-state index in [0.29, 0.717) is 24.2 Å². The highest BCUT2D eigenvalue weighted by atomic mass is 16.6. The predicted octanol–water partition coefficient (Wildman–Crippen LogP) is 1.10. The van der Waals surface area contributed by atoms with Crippen LogP contribution in [-0.2, 0) is 0 Å². The fraction of sp³-hybridized carbons (Fsp3) is 0.692. The van der Waals surface area contributed by atoms with E-state index >= 15 is 0 Å². The van der Waals surface area contributed by atoms with Crippen LogP contribution in [0, 0.1) is 10.1 Å². The quantitative estimate of drug-likeness (QED) is 0.656. The van der Waals surface area contributed by atoms with Crippen LogP contribution in [0.15, 0.2) is 6.33 Å². The number of anilines is 2. The Morgan fingerprint density at radius 3 is 3.05 bits per heavy atom. The van der Waals surface area contributed by atoms with Gasteiger partial charge < -0.3 is 10.2 Å². The molecule has 0 bridgehead atoms. The van der Waals surface area contributed by atoms with E-state index in [4.69, 9.17) is 0 Å². The molecule has 2 saturated heterocycles. The molecule has 0 aliphatic carbocycles. The van der Waals surface area contributed by atoms with Gasteiger partial charge in [-0.1, -0.05) is 0 Å². The van der Waals surface area contributed by atoms with E-state index in [-0.39, 0.29) is 10.6 Å². The number of nitrogens with one attached hydrogen (secondary N) is 1. The van der Waals surface area contributed by atoms with Crippen molar-refractivity contribution in [3.63, 3.8) is 0 Å². The van der Waals surface area contributed by atoms with E-state index in [9.17, 15) is 10.1 Å². The maximum absolute atomic E-state index is 11.4. The fourth-order valence-electron chi connectivity index (χ4n) is 3.25. The molecular formula is C13H20N6O2. The highest BCUT2D eigenvalue weighted by Crippen LogP contribution is 2.34. The molecule has 8 heteroatoms. The van der Waals surface area contributed by atoms with Gasteiger partial charge in [0.15, 0.2) is 0 Å². The van der Waals surface area contributed by atoms with Crippen LogP contribution in [0.4, 0.5) is 17.3 Å². The first kappa shape index (κ1) is 14.0. The van der Waals surface area contributed by atoms with Gasteiger partial charge >= 0.3 is 5.69 Å². The normalized spacial score (nSPS) is 22.1. The van der Waals surface area contributed by atoms with Gasteiger partial charge in [0.05, 0.1) is 4.92 Å². The summed E-state index contributed by atoms with van der Waals surface area (Å²) < 4.78 is 0. The lowest BCUT2D eigenvalue weighted by Gasteiger charge is -2.37. The Morgan fingerprint density at radius 2 is 2.29 bits per heavy atom. The van der Waals surface area contributed by atoms with E-state index in [0.717, 1.165) is 32.6 Å². The second-order valence-electron chi connectivity index (χ2n) is 5.46. The van der Waals surface area contributed by atoms with Crippen molar-refractivity contribution in [2.45, 2.75) is 25.8 Å². The average Bonchev–Trinajstić information content (AvgIpc) is 2.94. The zero-order valence-electron chi connectivity index (χ0n) is 12.2. The summed E-state index contributed by atoms with van der Waals surface area (Å²) in [5.74, 6) is 0.749. The third-order valence-electron chi connectivity index (χ3n) is 4.22. The van der Waals surface area contributed by atoms with E-state index in [2.05, 4.69) is 20.2 Å². The van der Waals surface area contributed by atoms with Gasteiger partial charge in [-0.05, 0) is 26.3 Å². The monoisotopic (exact) mass is 292 g/mol. The molecule has 2 fully saturated rings. The standard InChI is InChI=1S/C13H20N6O2/c1-2-14-12-11(19(20)21)13(16-9-15-12)18-7-6-17-5-3-4-10(17)8-18/h9-10H,2-8H2,1H3,(H,14,15,16). The highest BCUT2D eigenvalue weighted by Gasteiger charge is 2.34. The number of rotatable bonds is 4. The molecule has 114 valence electrons. The Kier molecular flexibility index (Phi) is 3.87. The van der Waals surface area contributed by atoms with Gasteiger partial charge in [0.25, 0.3) is 0 Å². The largest absolute Gasteiger partial charge is 0.364 e. The first-order chi connectivity index (χ1) is 10.2. The van der Waals surface area contributed by atoms with Crippen molar-refractivity contribution in [2.24, 2.45) is 0 Å². The van der Waals surface area contributed by atoms with Crippen molar-refractivity contribution in [2.75, 3.05) is 42.9 Å². The van der Waals surface area contributed by atoms with Gasteiger partial charge in [0.2, 0.25) is 11.6 Å². The van der Waals surface area contributed by atoms with Crippen molar-refractivity contribution in [1.82, 2.24) is 14.9 Å². The van der Waals surface area contributed by atoms with Crippen LogP contribution in [0.3, 0.4) is 0 Å². The van der Waals surface area contributed by atoms with Crippen LogP contribution in [0.2, 0.25) is 0 Å². The maximum atomic E-state index is 11.4. The minimum absolute atomic E-state index is 0.00852. The van der Waals surface area contributed by atoms with Gasteiger partial charge in [-0.2, -0.15) is 0 Å². The zero-order valence-corrected chi connectivity index (χ0v) is 12.2. The molecule has 0 radical (unpaired) electrons. The molecule has 2 aliphatic rings. The van der Waals surface area contributed by atoms with Crippen LogP contribution in [0.25, 0.3) is 0 Å². The molecule has 8 nitrogen and oxygen atoms in total. The summed E-state index contributed by atoms with van der Waals surface area (Å²) in [5, 5.41) is 14.4. The number of aromatic nitrogens is 2. The van der Waals surface area contributed by atoms with Gasteiger partial charge in [0.1, 0.15) is 6.33 Å². The Labute approximate surface area is 123 Å². The van der Waals surface area contributed by atoms with Crippen molar-refractivity contribution < 1.29 is 4.92 Å². The lowest BCUT2D eigenvalue weighted by atomic mass is 10.1. The summed E-state index contributed by atoms with van der Waals surface area (Å²) in [5.41, 5.74) is -0.00852. The highest BCUT2D eigenvalue weighted by molar-refractivity contribution is 5.70. The first-order valence-corrected chi connectivity index (χ1v) is 7.43. The molecule has 3 heterocycles. The molecule has 3 rings (SSSR count). The number of nitrogens with zero attached hydrogens (tertiary/aromatic N) is 5. The minimum Gasteiger partial charge on any atom is -0.364 e. The molecule has 1 aromatic heterocycles. The molecule has 0 spiro atoms. The third-order valence-corrected chi connectivity index (χ3v) is 4.22. The van der Waals surface area contributed by atoms with Crippen LogP contribution in [-0.4, -0.2) is 58.6 Å². The summed E-state index contributed by atoms with van der Waals surface area (Å²) in [6, 6.07) is 0.496. The zero-order chi connectivity index (χ0) is 14.8. The van der Waals surface area contributed by atoms with E-state index in [1.54, 1.807) is 0 Å². The van der Waals surface area contributed by atoms with Gasteiger partial charge in [-0.25, -0.2) is 9.97 Å². The molecule has 0 saturated carbocycles. The number of hydrogen-bond donors (Lipinski definition) is 1. The Bertz CT molecular complexity index is 537. The molecular weight excluding hydrogens is 272 g/mol. The van der Waals surface area contributed by atoms with Crippen molar-refractivity contribution in [1.29, 1.82) is 0 Å². The smallest absolute Gasteiger partial charge is 0.353 e. The third kappa shape index (κ3) is 2.63. The van der Waals surface area contributed by atoms with Gasteiger partial charge in [-0.3, -0.25) is 15.0 Å². The average molecular weight is 292 g/mol. The number of fused-ring (bicyclic) bond motifs is 1. The molecule has 1 N–H and O–H groups in total. The molecule has 1 unspecified atom stereocenters. The summed E-state index contributed by atoms with van der Waals surface area (Å²) in [6.45, 7) is 6.16. The lowest BCUT2D eigenvalue weighted by molar-refractivity contribution is -0.383. The van der Waals surface area contributed by atoms with Crippen LogP contribution in [0.5, 0.6) is 0 Å². The lowest BCUT2D eigenvalue weighted by Crippen LogP contribution is -2.50. The van der Waals surface area contributed by atoms with Gasteiger partial charge in [0, 0.05) is 32.2 Å². The molecule has 1 aromatic rings. The molecule has 2 aliphatic heterocycles. The Balaban J connectivity index is 1.90. The summed E-state index contributed by atoms with van der Waals surface area (Å²) in [7, 11) is 0. The van der Waals surface area contributed by atoms with E-state index in [1.807, 2.05) is 11.8 Å². The Morgan fingerprint density at radius 1 is 1.43 bits per heavy atom. The van der Waals surface area contributed by atoms with E-state index < -0.39 is 0 Å². The van der Waals surface area contributed by atoms with Crippen molar-refractivity contribution in [3.05, 3.63) is 16.4 Å². The second-order valence-corrected chi connectivity index (χ2v) is 5.46. The summed E-state index contributed by atoms with van der Waals surface area (Å²) in [4.78, 5) is 23.8. The maximum Gasteiger partial charge on any atom is 0.353 e. The SMILES string of the molecule is CCNc1ncnc(N2CCN3CCCC3C2)c1[N+](=O)[O-]. The number of piperazine rings is 1. The number of hydrogen-bond acceptors (Lipinski definition) is 7. The minimum atomic E-state index is -0.381. The van der Waals surface area contributed by atoms with Crippen LogP contribution < -0.4 is 10.2 Å². The number of nitro groups is 1. The van der Waals surface area contributed by atoms with Crippen LogP contribution >= 0.6 is 0 Å². The molecule has 21 heavy (non-hydrogen) atoms. The van der Waals surface area contributed by atoms with Crippen molar-refractivity contribution in [3.8, 4) is 0 Å². The fourth-order valence-corrected chi connectivity index (χ4v) is 3.25. The van der Waals surface area contributed by atoms with E-state index in [1.165, 1.54) is 12.7 Å². The van der Waals surface area contributed by atoms with Gasteiger partial charge in [-0.15, -0.1) is 0 Å². The van der Waals surface area contributed by atoms with Crippen LogP contribution in [0.1, 0.15) is 19.8 Å². The second kappa shape index (κ2) is 5.80. The first-order valence-electron chi connectivity index (χ1n) is 7.43. The molecule has 0 aromatic carbocycles. The summed E-state index contributed by atoms with van der Waals surface area (Å²) >= 11 is 0. The molecule has 1 atom stereocenters. The topological polar surface area (TPSA) is 87.4 Å². The molecule has 0 amide bonds. The summed E-state index contributed by atoms with van der Waals surface area (Å²) in [6.07, 6.45) is 3.78. The van der Waals surface area contributed by atoms with Crippen molar-refractivity contribution >= 4 is 17.3 Å².